The number of hydrogen-bond donors (Lipinski definition) is 3. The number of nitrogens with one attached hydrogen (secondary N) is 2. The lowest BCUT2D eigenvalue weighted by molar-refractivity contribution is 0.0698. The van der Waals surface area contributed by atoms with Crippen LogP contribution in [0.25, 0.3) is 0 Å². The molecule has 0 saturated heterocycles. The van der Waals surface area contributed by atoms with Crippen LogP contribution in [0.5, 0.6) is 0 Å². The average Bonchev–Trinajstić information content (AvgIpc) is 3.12. The van der Waals surface area contributed by atoms with Crippen molar-refractivity contribution in [3.63, 3.8) is 0 Å². The Kier molecular flexibility index (Phi) is 3.46. The van der Waals surface area contributed by atoms with Gasteiger partial charge in [-0.3, -0.25) is 0 Å². The summed E-state index contributed by atoms with van der Waals surface area (Å²) in [5, 5.41) is 14.5. The lowest BCUT2D eigenvalue weighted by atomic mass is 9.99. The van der Waals surface area contributed by atoms with E-state index >= 15 is 0 Å². The Bertz CT molecular complexity index is 507. The van der Waals surface area contributed by atoms with Crippen molar-refractivity contribution in [1.29, 1.82) is 0 Å². The van der Waals surface area contributed by atoms with Gasteiger partial charge in [0.05, 0.1) is 11.3 Å². The van der Waals surface area contributed by atoms with Gasteiger partial charge in [-0.2, -0.15) is 0 Å². The molecule has 1 aromatic carbocycles. The summed E-state index contributed by atoms with van der Waals surface area (Å²) in [5.41, 5.74) is 0.128. The zero-order valence-electron chi connectivity index (χ0n) is 11.1. The monoisotopic (exact) mass is 262 g/mol. The Morgan fingerprint density at radius 2 is 1.89 bits per heavy atom. The summed E-state index contributed by atoms with van der Waals surface area (Å²) < 4.78 is 0. The van der Waals surface area contributed by atoms with Gasteiger partial charge in [0, 0.05) is 5.54 Å². The Morgan fingerprint density at radius 3 is 2.47 bits per heavy atom. The number of carbonyl (C=O) groups is 2. The smallest absolute Gasteiger partial charge is 0.337 e. The Labute approximate surface area is 112 Å². The second-order valence-electron chi connectivity index (χ2n) is 5.43. The van der Waals surface area contributed by atoms with Crippen LogP contribution in [0.2, 0.25) is 0 Å². The zero-order chi connectivity index (χ0) is 14.0. The molecule has 0 aliphatic heterocycles. The van der Waals surface area contributed by atoms with Crippen LogP contribution < -0.4 is 10.6 Å². The molecule has 19 heavy (non-hydrogen) atoms. The van der Waals surface area contributed by atoms with Gasteiger partial charge < -0.3 is 15.7 Å². The molecule has 0 radical (unpaired) electrons. The number of amides is 2. The number of rotatable bonds is 4. The summed E-state index contributed by atoms with van der Waals surface area (Å²) in [7, 11) is 0. The fraction of sp³-hybridized carbons (Fsp3) is 0.429. The van der Waals surface area contributed by atoms with Crippen LogP contribution in [0.1, 0.15) is 37.0 Å². The van der Waals surface area contributed by atoms with E-state index in [0.29, 0.717) is 11.6 Å². The predicted octanol–water partition coefficient (Wildman–Crippen LogP) is 2.69. The maximum atomic E-state index is 11.9. The quantitative estimate of drug-likeness (QED) is 0.780. The van der Waals surface area contributed by atoms with E-state index in [-0.39, 0.29) is 17.1 Å². The number of benzene rings is 1. The van der Waals surface area contributed by atoms with Crippen LogP contribution in [0.3, 0.4) is 0 Å². The highest BCUT2D eigenvalue weighted by molar-refractivity contribution is 6.00. The molecule has 1 fully saturated rings. The normalized spacial score (nSPS) is 14.8. The minimum atomic E-state index is -1.06. The van der Waals surface area contributed by atoms with Crippen molar-refractivity contribution in [3.05, 3.63) is 29.8 Å². The molecular weight excluding hydrogens is 244 g/mol. The number of carboxylic acids is 1. The van der Waals surface area contributed by atoms with Gasteiger partial charge in [-0.25, -0.2) is 9.59 Å². The molecule has 1 saturated carbocycles. The van der Waals surface area contributed by atoms with Crippen molar-refractivity contribution in [2.75, 3.05) is 5.32 Å². The van der Waals surface area contributed by atoms with Crippen LogP contribution in [-0.2, 0) is 0 Å². The summed E-state index contributed by atoms with van der Waals surface area (Å²) in [6.45, 7) is 3.96. The second kappa shape index (κ2) is 4.91. The predicted molar refractivity (Wildman–Crippen MR) is 72.4 cm³/mol. The number of carboxylic acid groups (broad SMARTS) is 1. The first kappa shape index (κ1) is 13.4. The van der Waals surface area contributed by atoms with Crippen molar-refractivity contribution < 1.29 is 14.7 Å². The Morgan fingerprint density at radius 1 is 1.26 bits per heavy atom. The summed E-state index contributed by atoms with van der Waals surface area (Å²) >= 11 is 0. The van der Waals surface area contributed by atoms with E-state index in [0.717, 1.165) is 12.8 Å². The van der Waals surface area contributed by atoms with E-state index in [1.54, 1.807) is 18.2 Å². The van der Waals surface area contributed by atoms with Gasteiger partial charge in [0.25, 0.3) is 0 Å². The van der Waals surface area contributed by atoms with Gasteiger partial charge in [-0.15, -0.1) is 0 Å². The lowest BCUT2D eigenvalue weighted by Gasteiger charge is -2.26. The van der Waals surface area contributed by atoms with Crippen molar-refractivity contribution in [3.8, 4) is 0 Å². The van der Waals surface area contributed by atoms with Crippen molar-refractivity contribution in [2.24, 2.45) is 5.92 Å². The molecular formula is C14H18N2O3. The van der Waals surface area contributed by atoms with Gasteiger partial charge in [0.1, 0.15) is 0 Å². The van der Waals surface area contributed by atoms with E-state index in [4.69, 9.17) is 5.11 Å². The van der Waals surface area contributed by atoms with Gasteiger partial charge in [0.15, 0.2) is 0 Å². The molecule has 3 N–H and O–H groups in total. The highest BCUT2D eigenvalue weighted by atomic mass is 16.4. The summed E-state index contributed by atoms with van der Waals surface area (Å²) in [6, 6.07) is 5.98. The number of urea groups is 1. The number of carbonyl (C=O) groups excluding carboxylic acids is 1. The van der Waals surface area contributed by atoms with E-state index < -0.39 is 5.97 Å². The van der Waals surface area contributed by atoms with Gasteiger partial charge in [0.2, 0.25) is 0 Å². The maximum Gasteiger partial charge on any atom is 0.337 e. The number of hydrogen-bond acceptors (Lipinski definition) is 2. The molecule has 1 aliphatic rings. The van der Waals surface area contributed by atoms with Crippen LogP contribution in [-0.4, -0.2) is 22.6 Å². The number of aromatic carboxylic acids is 1. The molecule has 1 aromatic rings. The summed E-state index contributed by atoms with van der Waals surface area (Å²) in [6.07, 6.45) is 2.25. The lowest BCUT2D eigenvalue weighted by Crippen LogP contribution is -2.47. The first-order valence-corrected chi connectivity index (χ1v) is 6.31. The first-order chi connectivity index (χ1) is 8.90. The Hall–Kier alpha value is -2.04. The minimum absolute atomic E-state index is 0.0851. The molecule has 0 spiro atoms. The van der Waals surface area contributed by atoms with Gasteiger partial charge in [-0.1, -0.05) is 12.1 Å². The Balaban J connectivity index is 2.05. The van der Waals surface area contributed by atoms with Gasteiger partial charge in [-0.05, 0) is 44.7 Å². The van der Waals surface area contributed by atoms with E-state index in [1.165, 1.54) is 6.07 Å². The third-order valence-corrected chi connectivity index (χ3v) is 3.44. The zero-order valence-corrected chi connectivity index (χ0v) is 11.1. The standard InChI is InChI=1S/C14H18N2O3/c1-14(2,9-7-8-9)16-13(19)15-11-6-4-3-5-10(11)12(17)18/h3-6,9H,7-8H2,1-2H3,(H,17,18)(H2,15,16,19). The van der Waals surface area contributed by atoms with Crippen LogP contribution in [0.15, 0.2) is 24.3 Å². The van der Waals surface area contributed by atoms with E-state index in [9.17, 15) is 9.59 Å². The highest BCUT2D eigenvalue weighted by Crippen LogP contribution is 2.39. The van der Waals surface area contributed by atoms with Crippen LogP contribution in [0.4, 0.5) is 10.5 Å². The van der Waals surface area contributed by atoms with Crippen molar-refractivity contribution >= 4 is 17.7 Å². The fourth-order valence-corrected chi connectivity index (χ4v) is 2.13. The molecule has 2 rings (SSSR count). The summed E-state index contributed by atoms with van der Waals surface area (Å²) in [5.74, 6) is -0.551. The molecule has 102 valence electrons. The molecule has 0 atom stereocenters. The van der Waals surface area contributed by atoms with Crippen LogP contribution in [0, 0.1) is 5.92 Å². The SMILES string of the molecule is CC(C)(NC(=O)Nc1ccccc1C(=O)O)C1CC1. The molecule has 0 heterocycles. The third kappa shape index (κ3) is 3.24. The molecule has 5 nitrogen and oxygen atoms in total. The molecule has 2 amide bonds. The molecule has 5 heteroatoms. The first-order valence-electron chi connectivity index (χ1n) is 6.31. The highest BCUT2D eigenvalue weighted by Gasteiger charge is 2.38. The van der Waals surface area contributed by atoms with E-state index in [2.05, 4.69) is 10.6 Å². The van der Waals surface area contributed by atoms with Crippen molar-refractivity contribution in [1.82, 2.24) is 5.32 Å². The van der Waals surface area contributed by atoms with Gasteiger partial charge >= 0.3 is 12.0 Å². The average molecular weight is 262 g/mol. The molecule has 0 bridgehead atoms. The fourth-order valence-electron chi connectivity index (χ4n) is 2.13. The third-order valence-electron chi connectivity index (χ3n) is 3.44. The number of para-hydroxylation sites is 1. The largest absolute Gasteiger partial charge is 0.478 e. The second-order valence-corrected chi connectivity index (χ2v) is 5.43. The topological polar surface area (TPSA) is 78.4 Å². The number of anilines is 1. The van der Waals surface area contributed by atoms with E-state index in [1.807, 2.05) is 13.8 Å². The maximum absolute atomic E-state index is 11.9. The molecule has 1 aliphatic carbocycles. The molecule has 0 aromatic heterocycles. The molecule has 0 unspecified atom stereocenters. The minimum Gasteiger partial charge on any atom is -0.478 e. The van der Waals surface area contributed by atoms with Crippen molar-refractivity contribution in [2.45, 2.75) is 32.2 Å². The summed E-state index contributed by atoms with van der Waals surface area (Å²) in [4.78, 5) is 23.0. The van der Waals surface area contributed by atoms with Crippen LogP contribution >= 0.6 is 0 Å².